The van der Waals surface area contributed by atoms with Gasteiger partial charge in [0.1, 0.15) is 24.2 Å². The summed E-state index contributed by atoms with van der Waals surface area (Å²) in [5, 5.41) is 13.0. The third kappa shape index (κ3) is 10.1. The Hall–Kier alpha value is -4.16. The number of carbonyl (C=O) groups excluding carboxylic acids is 3. The fourth-order valence-corrected chi connectivity index (χ4v) is 4.28. The Morgan fingerprint density at radius 2 is 1.85 bits per heavy atom. The van der Waals surface area contributed by atoms with Crippen LogP contribution >= 0.6 is 0 Å². The van der Waals surface area contributed by atoms with Gasteiger partial charge in [0.15, 0.2) is 0 Å². The minimum absolute atomic E-state index is 0.00545. The van der Waals surface area contributed by atoms with Crippen LogP contribution in [0, 0.1) is 11.7 Å². The van der Waals surface area contributed by atoms with E-state index in [0.717, 1.165) is 0 Å². The fraction of sp³-hybridized carbons (Fsp3) is 0.414. The van der Waals surface area contributed by atoms with Crippen molar-refractivity contribution < 1.29 is 33.4 Å². The number of amides is 2. The first kappa shape index (κ1) is 31.4. The number of aromatic nitrogens is 2. The van der Waals surface area contributed by atoms with Gasteiger partial charge in [-0.25, -0.2) is 14.2 Å². The number of ether oxygens (including phenoxy) is 2. The molecule has 12 heteroatoms. The zero-order chi connectivity index (χ0) is 30.0. The number of benzene rings is 2. The molecule has 220 valence electrons. The molecule has 0 saturated carbocycles. The van der Waals surface area contributed by atoms with Crippen LogP contribution < -0.4 is 16.8 Å². The number of nitrogens with zero attached hydrogens (tertiary/aromatic N) is 2. The summed E-state index contributed by atoms with van der Waals surface area (Å²) in [6.07, 6.45) is -0.539. The first-order chi connectivity index (χ1) is 19.4. The van der Waals surface area contributed by atoms with Gasteiger partial charge in [0.2, 0.25) is 5.91 Å². The zero-order valence-corrected chi connectivity index (χ0v) is 23.1. The number of para-hydroxylation sites is 2. The second-order valence-electron chi connectivity index (χ2n) is 10.4. The number of halogens is 1. The van der Waals surface area contributed by atoms with Crippen LogP contribution in [0.3, 0.4) is 0 Å². The summed E-state index contributed by atoms with van der Waals surface area (Å²) in [7, 11) is 0. The minimum atomic E-state index is -1.14. The third-order valence-electron chi connectivity index (χ3n) is 6.40. The monoisotopic (exact) mass is 569 g/mol. The van der Waals surface area contributed by atoms with Crippen molar-refractivity contribution in [3.8, 4) is 0 Å². The lowest BCUT2D eigenvalue weighted by Crippen LogP contribution is -2.48. The molecule has 0 aliphatic carbocycles. The summed E-state index contributed by atoms with van der Waals surface area (Å²) in [4.78, 5) is 47.0. The summed E-state index contributed by atoms with van der Waals surface area (Å²) in [5.74, 6) is -2.62. The summed E-state index contributed by atoms with van der Waals surface area (Å²) < 4.78 is 24.7. The highest BCUT2D eigenvalue weighted by atomic mass is 19.1. The van der Waals surface area contributed by atoms with Crippen molar-refractivity contribution in [3.05, 3.63) is 71.8 Å². The van der Waals surface area contributed by atoms with Gasteiger partial charge in [-0.15, -0.1) is 0 Å². The highest BCUT2D eigenvalue weighted by molar-refractivity contribution is 5.94. The maximum Gasteiger partial charge on any atom is 0.508 e. The van der Waals surface area contributed by atoms with Crippen LogP contribution in [0.1, 0.15) is 49.2 Å². The second-order valence-corrected chi connectivity index (χ2v) is 10.4. The highest BCUT2D eigenvalue weighted by Crippen LogP contribution is 2.24. The molecular formula is C29H36FN5O6. The molecule has 0 fully saturated rings. The van der Waals surface area contributed by atoms with Crippen molar-refractivity contribution in [1.82, 2.24) is 15.3 Å². The van der Waals surface area contributed by atoms with E-state index in [4.69, 9.17) is 20.9 Å². The van der Waals surface area contributed by atoms with Gasteiger partial charge in [0.25, 0.3) is 5.91 Å². The lowest BCUT2D eigenvalue weighted by Gasteiger charge is -2.30. The first-order valence-electron chi connectivity index (χ1n) is 13.3. The molecule has 41 heavy (non-hydrogen) atoms. The zero-order valence-electron chi connectivity index (χ0n) is 23.1. The SMILES string of the molecule is CC(C)(O)CC[C@H](C[C@H](OC(=O)OCCN)[C@H](Cc1cccc(F)c1)NC(=O)c1cnc2ccccc2n1)C(N)=O. The fourth-order valence-electron chi connectivity index (χ4n) is 4.28. The van der Waals surface area contributed by atoms with Gasteiger partial charge in [-0.3, -0.25) is 14.6 Å². The number of carbonyl (C=O) groups is 3. The molecule has 1 heterocycles. The van der Waals surface area contributed by atoms with Crippen LogP contribution in [-0.2, 0) is 20.7 Å². The third-order valence-corrected chi connectivity index (χ3v) is 6.40. The van der Waals surface area contributed by atoms with Crippen LogP contribution in [0.2, 0.25) is 0 Å². The second kappa shape index (κ2) is 14.5. The molecule has 0 aliphatic heterocycles. The number of nitrogens with two attached hydrogens (primary N) is 2. The Morgan fingerprint density at radius 3 is 2.51 bits per heavy atom. The summed E-state index contributed by atoms with van der Waals surface area (Å²) >= 11 is 0. The normalized spacial score (nSPS) is 13.7. The van der Waals surface area contributed by atoms with Gasteiger partial charge in [0, 0.05) is 12.5 Å². The number of primary amides is 1. The van der Waals surface area contributed by atoms with Crippen molar-refractivity contribution in [1.29, 1.82) is 0 Å². The topological polar surface area (TPSA) is 180 Å². The molecule has 6 N–H and O–H groups in total. The van der Waals surface area contributed by atoms with E-state index in [9.17, 15) is 23.9 Å². The van der Waals surface area contributed by atoms with Crippen LogP contribution in [-0.4, -0.2) is 63.9 Å². The van der Waals surface area contributed by atoms with Crippen molar-refractivity contribution in [2.24, 2.45) is 17.4 Å². The molecule has 2 aromatic carbocycles. The maximum absolute atomic E-state index is 14.1. The molecule has 0 spiro atoms. The summed E-state index contributed by atoms with van der Waals surface area (Å²) in [6.45, 7) is 3.14. The molecule has 3 aromatic rings. The van der Waals surface area contributed by atoms with Gasteiger partial charge in [-0.05, 0) is 69.4 Å². The van der Waals surface area contributed by atoms with E-state index in [2.05, 4.69) is 15.3 Å². The van der Waals surface area contributed by atoms with Crippen LogP contribution in [0.5, 0.6) is 0 Å². The molecule has 11 nitrogen and oxygen atoms in total. The van der Waals surface area contributed by atoms with E-state index in [1.807, 2.05) is 0 Å². The van der Waals surface area contributed by atoms with E-state index in [0.29, 0.717) is 16.6 Å². The average molecular weight is 570 g/mol. The molecule has 3 rings (SSSR count). The predicted molar refractivity (Wildman–Crippen MR) is 149 cm³/mol. The van der Waals surface area contributed by atoms with E-state index in [1.165, 1.54) is 24.4 Å². The largest absolute Gasteiger partial charge is 0.508 e. The number of hydrogen-bond acceptors (Lipinski definition) is 9. The van der Waals surface area contributed by atoms with E-state index in [1.54, 1.807) is 44.2 Å². The van der Waals surface area contributed by atoms with Crippen LogP contribution in [0.15, 0.2) is 54.7 Å². The molecule has 3 atom stereocenters. The van der Waals surface area contributed by atoms with Crippen LogP contribution in [0.25, 0.3) is 11.0 Å². The van der Waals surface area contributed by atoms with E-state index in [-0.39, 0.29) is 44.5 Å². The Bertz CT molecular complexity index is 1350. The molecule has 2 amide bonds. The Labute approximate surface area is 237 Å². The van der Waals surface area contributed by atoms with E-state index < -0.39 is 47.5 Å². The van der Waals surface area contributed by atoms with Gasteiger partial charge in [-0.2, -0.15) is 0 Å². The number of rotatable bonds is 14. The lowest BCUT2D eigenvalue weighted by atomic mass is 9.87. The highest BCUT2D eigenvalue weighted by Gasteiger charge is 2.33. The number of hydrogen-bond donors (Lipinski definition) is 4. The van der Waals surface area contributed by atoms with Crippen molar-refractivity contribution in [3.63, 3.8) is 0 Å². The van der Waals surface area contributed by atoms with Crippen LogP contribution in [0.4, 0.5) is 9.18 Å². The summed E-state index contributed by atoms with van der Waals surface area (Å²) in [5.41, 5.74) is 11.6. The molecule has 0 saturated heterocycles. The Balaban J connectivity index is 1.96. The Kier molecular flexibility index (Phi) is 11.1. The van der Waals surface area contributed by atoms with Crippen molar-refractivity contribution in [2.75, 3.05) is 13.2 Å². The number of aliphatic hydroxyl groups is 1. The Morgan fingerprint density at radius 1 is 1.12 bits per heavy atom. The van der Waals surface area contributed by atoms with Gasteiger partial charge in [0.05, 0.1) is 28.9 Å². The molecule has 0 bridgehead atoms. The first-order valence-corrected chi connectivity index (χ1v) is 13.3. The quantitative estimate of drug-likeness (QED) is 0.212. The van der Waals surface area contributed by atoms with Crippen molar-refractivity contribution >= 4 is 29.0 Å². The molecule has 0 aliphatic rings. The van der Waals surface area contributed by atoms with Crippen molar-refractivity contribution in [2.45, 2.75) is 57.3 Å². The van der Waals surface area contributed by atoms with Gasteiger partial charge >= 0.3 is 6.16 Å². The molecule has 1 aromatic heterocycles. The number of fused-ring (bicyclic) bond motifs is 1. The lowest BCUT2D eigenvalue weighted by molar-refractivity contribution is -0.123. The summed E-state index contributed by atoms with van der Waals surface area (Å²) in [6, 6.07) is 11.8. The molecular weight excluding hydrogens is 533 g/mol. The standard InChI is InChI=1S/C29H36FN5O6/c1-29(2,39)11-10-19(26(32)36)16-25(41-28(38)40-13-12-31)23(15-18-6-5-7-20(30)14-18)35-27(37)24-17-33-21-8-3-4-9-22(21)34-24/h3-9,14,17,19,23,25,39H,10-13,15-16,31H2,1-2H3,(H2,32,36)(H,35,37)/t19-,23+,25+/m1/s1. The molecule has 0 unspecified atom stereocenters. The number of nitrogens with one attached hydrogen (secondary N) is 1. The van der Waals surface area contributed by atoms with E-state index >= 15 is 0 Å². The average Bonchev–Trinajstić information content (AvgIpc) is 2.92. The predicted octanol–water partition coefficient (Wildman–Crippen LogP) is 2.63. The van der Waals surface area contributed by atoms with Gasteiger partial charge < -0.3 is 31.4 Å². The maximum atomic E-state index is 14.1. The smallest absolute Gasteiger partial charge is 0.433 e. The van der Waals surface area contributed by atoms with Gasteiger partial charge in [-0.1, -0.05) is 24.3 Å². The minimum Gasteiger partial charge on any atom is -0.433 e. The molecule has 0 radical (unpaired) electrons.